The van der Waals surface area contributed by atoms with Crippen molar-refractivity contribution >= 4 is 31.5 Å². The maximum atomic E-state index is 3.61. The number of fused-ring (bicyclic) bond motifs is 3. The summed E-state index contributed by atoms with van der Waals surface area (Å²) < 4.78 is 2.90. The van der Waals surface area contributed by atoms with Crippen molar-refractivity contribution in [1.29, 1.82) is 0 Å². The van der Waals surface area contributed by atoms with E-state index in [4.69, 9.17) is 0 Å². The van der Waals surface area contributed by atoms with E-state index in [1.807, 2.05) is 11.3 Å². The summed E-state index contributed by atoms with van der Waals surface area (Å²) in [6.07, 6.45) is 6.76. The molecule has 1 aromatic heterocycles. The van der Waals surface area contributed by atoms with Gasteiger partial charge in [0.2, 0.25) is 0 Å². The summed E-state index contributed by atoms with van der Waals surface area (Å²) in [6, 6.07) is 9.77. The molecule has 0 bridgehead atoms. The molecule has 0 saturated heterocycles. The Morgan fingerprint density at radius 3 is 2.28 bits per heavy atom. The Kier molecular flexibility index (Phi) is 5.33. The second-order valence-electron chi connectivity index (χ2n) is 9.37. The molecule has 152 valence electrons. The summed E-state index contributed by atoms with van der Waals surface area (Å²) in [5.41, 5.74) is 7.16. The fraction of sp³-hybridized carbons (Fsp3) is 0.407. The largest absolute Gasteiger partial charge is 0.381 e. The molecule has 0 spiro atoms. The summed E-state index contributed by atoms with van der Waals surface area (Å²) in [4.78, 5) is 0. The van der Waals surface area contributed by atoms with Crippen LogP contribution in [-0.4, -0.2) is 0 Å². The summed E-state index contributed by atoms with van der Waals surface area (Å²) in [7, 11) is 0. The molecule has 4 rings (SSSR count). The molecule has 0 radical (unpaired) electrons. The minimum Gasteiger partial charge on any atom is -0.381 e. The maximum absolute atomic E-state index is 3.61. The predicted octanol–water partition coefficient (Wildman–Crippen LogP) is 8.35. The Bertz CT molecular complexity index is 1120. The van der Waals surface area contributed by atoms with Crippen molar-refractivity contribution in [2.24, 2.45) is 5.92 Å². The third-order valence-electron chi connectivity index (χ3n) is 6.23. The van der Waals surface area contributed by atoms with E-state index >= 15 is 0 Å². The van der Waals surface area contributed by atoms with Gasteiger partial charge in [0.1, 0.15) is 0 Å². The first-order chi connectivity index (χ1) is 13.8. The smallest absolute Gasteiger partial charge is 0.0715 e. The minimum absolute atomic E-state index is 0.237. The van der Waals surface area contributed by atoms with Crippen LogP contribution in [0.4, 0.5) is 0 Å². The Labute approximate surface area is 179 Å². The summed E-state index contributed by atoms with van der Waals surface area (Å²) in [5, 5.41) is 6.45. The van der Waals surface area contributed by atoms with Crippen molar-refractivity contribution in [3.8, 4) is 0 Å². The van der Waals surface area contributed by atoms with Crippen molar-refractivity contribution in [1.82, 2.24) is 5.32 Å². The molecule has 1 N–H and O–H groups in total. The van der Waals surface area contributed by atoms with Crippen LogP contribution in [0.25, 0.3) is 20.2 Å². The molecule has 2 aromatic carbocycles. The molecule has 2 heterocycles. The average molecular weight is 404 g/mol. The molecule has 1 aliphatic heterocycles. The summed E-state index contributed by atoms with van der Waals surface area (Å²) >= 11 is 1.99. The number of aryl methyl sites for hydroxylation is 1. The number of hydrogen-bond acceptors (Lipinski definition) is 2. The molecule has 0 amide bonds. The van der Waals surface area contributed by atoms with Crippen molar-refractivity contribution in [2.45, 2.75) is 66.3 Å². The third kappa shape index (κ3) is 3.53. The Morgan fingerprint density at radius 2 is 1.62 bits per heavy atom. The summed E-state index contributed by atoms with van der Waals surface area (Å²) in [5.74, 6) is 1.61. The molecule has 3 aromatic rings. The molecule has 1 aliphatic rings. The molecule has 2 heteroatoms. The van der Waals surface area contributed by atoms with Gasteiger partial charge < -0.3 is 5.32 Å². The second-order valence-corrected chi connectivity index (χ2v) is 10.4. The summed E-state index contributed by atoms with van der Waals surface area (Å²) in [6.45, 7) is 16.0. The number of dihydropyridines is 1. The van der Waals surface area contributed by atoms with Crippen LogP contribution in [0, 0.1) is 12.8 Å². The van der Waals surface area contributed by atoms with Gasteiger partial charge in [-0.15, -0.1) is 11.3 Å². The van der Waals surface area contributed by atoms with Gasteiger partial charge in [-0.1, -0.05) is 65.8 Å². The number of nitrogens with one attached hydrogen (secondary N) is 1. The number of thiophene rings is 1. The minimum atomic E-state index is 0.237. The number of benzene rings is 2. The molecular weight excluding hydrogens is 370 g/mol. The zero-order chi connectivity index (χ0) is 20.9. The SMILES string of the molecule is Cc1ccc2c(sc3c(C(C)C)cc(C(C)C)cc32)c1C1C=C(C(C)C)C=CN1. The highest BCUT2D eigenvalue weighted by Crippen LogP contribution is 2.44. The van der Waals surface area contributed by atoms with Crippen LogP contribution in [0.5, 0.6) is 0 Å². The molecule has 1 unspecified atom stereocenters. The van der Waals surface area contributed by atoms with E-state index in [2.05, 4.69) is 96.4 Å². The van der Waals surface area contributed by atoms with E-state index in [1.54, 1.807) is 0 Å². The lowest BCUT2D eigenvalue weighted by Gasteiger charge is -2.23. The van der Waals surface area contributed by atoms with Crippen LogP contribution >= 0.6 is 11.3 Å². The van der Waals surface area contributed by atoms with Crippen molar-refractivity contribution in [3.05, 3.63) is 70.4 Å². The van der Waals surface area contributed by atoms with Gasteiger partial charge in [-0.25, -0.2) is 0 Å². The Balaban J connectivity index is 2.01. The molecule has 29 heavy (non-hydrogen) atoms. The molecule has 1 atom stereocenters. The standard InChI is InChI=1S/C27H33NS/c1-15(2)19-10-11-28-24(14-19)25-18(7)8-9-21-23-13-20(16(3)4)12-22(17(5)6)26(23)29-27(21)25/h8-17,24,28H,1-7H3. The van der Waals surface area contributed by atoms with Gasteiger partial charge in [0.05, 0.1) is 6.04 Å². The first-order valence-corrected chi connectivity index (χ1v) is 11.7. The fourth-order valence-electron chi connectivity index (χ4n) is 4.35. The van der Waals surface area contributed by atoms with E-state index in [1.165, 1.54) is 48.0 Å². The number of hydrogen-bond donors (Lipinski definition) is 1. The maximum Gasteiger partial charge on any atom is 0.0715 e. The van der Waals surface area contributed by atoms with Crippen LogP contribution in [0.3, 0.4) is 0 Å². The van der Waals surface area contributed by atoms with E-state index in [-0.39, 0.29) is 6.04 Å². The zero-order valence-electron chi connectivity index (χ0n) is 18.8. The van der Waals surface area contributed by atoms with E-state index in [0.29, 0.717) is 17.8 Å². The Morgan fingerprint density at radius 1 is 0.862 bits per heavy atom. The van der Waals surface area contributed by atoms with Gasteiger partial charge in [0, 0.05) is 20.2 Å². The lowest BCUT2D eigenvalue weighted by atomic mass is 9.90. The van der Waals surface area contributed by atoms with E-state index in [9.17, 15) is 0 Å². The average Bonchev–Trinajstić information content (AvgIpc) is 3.05. The van der Waals surface area contributed by atoms with Gasteiger partial charge >= 0.3 is 0 Å². The number of rotatable bonds is 4. The molecular formula is C27H33NS. The highest BCUT2D eigenvalue weighted by molar-refractivity contribution is 7.26. The third-order valence-corrected chi connectivity index (χ3v) is 7.53. The van der Waals surface area contributed by atoms with E-state index in [0.717, 1.165) is 0 Å². The van der Waals surface area contributed by atoms with Gasteiger partial charge in [0.25, 0.3) is 0 Å². The van der Waals surface area contributed by atoms with Gasteiger partial charge in [-0.2, -0.15) is 0 Å². The number of allylic oxidation sites excluding steroid dienone is 2. The normalized spacial score (nSPS) is 17.0. The molecule has 0 saturated carbocycles. The molecule has 0 fully saturated rings. The second kappa shape index (κ2) is 7.65. The van der Waals surface area contributed by atoms with Crippen molar-refractivity contribution in [2.75, 3.05) is 0 Å². The molecule has 1 nitrogen and oxygen atoms in total. The topological polar surface area (TPSA) is 12.0 Å². The Hall–Kier alpha value is -2.06. The lowest BCUT2D eigenvalue weighted by molar-refractivity contribution is 0.699. The van der Waals surface area contributed by atoms with Crippen LogP contribution in [-0.2, 0) is 0 Å². The van der Waals surface area contributed by atoms with Gasteiger partial charge in [0.15, 0.2) is 0 Å². The monoisotopic (exact) mass is 403 g/mol. The first kappa shape index (κ1) is 20.2. The van der Waals surface area contributed by atoms with Crippen LogP contribution < -0.4 is 5.32 Å². The molecule has 0 aliphatic carbocycles. The lowest BCUT2D eigenvalue weighted by Crippen LogP contribution is -2.18. The predicted molar refractivity (Wildman–Crippen MR) is 130 cm³/mol. The van der Waals surface area contributed by atoms with E-state index < -0.39 is 0 Å². The van der Waals surface area contributed by atoms with Gasteiger partial charge in [-0.3, -0.25) is 0 Å². The van der Waals surface area contributed by atoms with Crippen LogP contribution in [0.2, 0.25) is 0 Å². The van der Waals surface area contributed by atoms with Crippen molar-refractivity contribution in [3.63, 3.8) is 0 Å². The fourth-order valence-corrected chi connectivity index (χ4v) is 5.94. The first-order valence-electron chi connectivity index (χ1n) is 10.9. The highest BCUT2D eigenvalue weighted by atomic mass is 32.1. The van der Waals surface area contributed by atoms with Crippen LogP contribution in [0.1, 0.15) is 81.7 Å². The highest BCUT2D eigenvalue weighted by Gasteiger charge is 2.22. The van der Waals surface area contributed by atoms with Crippen molar-refractivity contribution < 1.29 is 0 Å². The quantitative estimate of drug-likeness (QED) is 0.461. The zero-order valence-corrected chi connectivity index (χ0v) is 19.6. The van der Waals surface area contributed by atoms with Gasteiger partial charge in [-0.05, 0) is 70.8 Å². The van der Waals surface area contributed by atoms with Crippen LogP contribution in [0.15, 0.2) is 48.2 Å².